The van der Waals surface area contributed by atoms with Gasteiger partial charge in [0.15, 0.2) is 11.3 Å². The Labute approximate surface area is 109 Å². The second-order valence-electron chi connectivity index (χ2n) is 5.96. The molecule has 104 valence electrons. The van der Waals surface area contributed by atoms with E-state index in [1.165, 1.54) is 4.90 Å². The van der Waals surface area contributed by atoms with Crippen LogP contribution < -0.4 is 0 Å². The van der Waals surface area contributed by atoms with Crippen molar-refractivity contribution in [3.05, 3.63) is 0 Å². The SMILES string of the molecule is CCN1CCC[C@H](N2C(=O)OC(C)(C)[C@@]2(C)O)C1. The van der Waals surface area contributed by atoms with E-state index in [-0.39, 0.29) is 6.04 Å². The minimum absolute atomic E-state index is 0.0444. The number of hydrogen-bond donors (Lipinski definition) is 1. The van der Waals surface area contributed by atoms with Gasteiger partial charge in [0.25, 0.3) is 0 Å². The van der Waals surface area contributed by atoms with Gasteiger partial charge in [-0.1, -0.05) is 6.92 Å². The van der Waals surface area contributed by atoms with E-state index in [9.17, 15) is 9.90 Å². The number of hydrogen-bond acceptors (Lipinski definition) is 4. The average Bonchev–Trinajstić information content (AvgIpc) is 2.43. The second kappa shape index (κ2) is 4.38. The fourth-order valence-corrected chi connectivity index (χ4v) is 2.87. The van der Waals surface area contributed by atoms with Crippen LogP contribution in [0.4, 0.5) is 4.79 Å². The zero-order chi connectivity index (χ0) is 13.6. The normalized spacial score (nSPS) is 36.8. The molecular weight excluding hydrogens is 232 g/mol. The Hall–Kier alpha value is -0.810. The highest BCUT2D eigenvalue weighted by Crippen LogP contribution is 2.39. The van der Waals surface area contributed by atoms with Gasteiger partial charge in [0.05, 0.1) is 6.04 Å². The zero-order valence-electron chi connectivity index (χ0n) is 11.8. The van der Waals surface area contributed by atoms with Crippen LogP contribution in [-0.4, -0.2) is 58.0 Å². The molecule has 1 amide bonds. The molecule has 0 radical (unpaired) electrons. The van der Waals surface area contributed by atoms with Crippen molar-refractivity contribution in [1.29, 1.82) is 0 Å². The van der Waals surface area contributed by atoms with Crippen LogP contribution in [0.1, 0.15) is 40.5 Å². The first-order valence-corrected chi connectivity index (χ1v) is 6.76. The Kier molecular flexibility index (Phi) is 3.32. The highest BCUT2D eigenvalue weighted by atomic mass is 16.6. The molecule has 0 unspecified atom stereocenters. The standard InChI is InChI=1S/C13H24N2O3/c1-5-14-8-6-7-10(9-14)15-11(16)18-12(2,3)13(15,4)17/h10,17H,5-9H2,1-4H3/t10-,13+/m0/s1. The topological polar surface area (TPSA) is 53.0 Å². The zero-order valence-corrected chi connectivity index (χ0v) is 11.8. The summed E-state index contributed by atoms with van der Waals surface area (Å²) in [7, 11) is 0. The molecule has 2 saturated heterocycles. The van der Waals surface area contributed by atoms with Crippen LogP contribution in [0.2, 0.25) is 0 Å². The van der Waals surface area contributed by atoms with Gasteiger partial charge >= 0.3 is 6.09 Å². The van der Waals surface area contributed by atoms with Crippen LogP contribution in [-0.2, 0) is 4.74 Å². The lowest BCUT2D eigenvalue weighted by molar-refractivity contribution is -0.141. The van der Waals surface area contributed by atoms with Gasteiger partial charge in [0.2, 0.25) is 0 Å². The number of carbonyl (C=O) groups is 1. The number of likely N-dealkylation sites (tertiary alicyclic amines) is 1. The molecule has 2 rings (SSSR count). The molecule has 5 heteroatoms. The smallest absolute Gasteiger partial charge is 0.413 e. The van der Waals surface area contributed by atoms with Gasteiger partial charge in [0.1, 0.15) is 0 Å². The van der Waals surface area contributed by atoms with Gasteiger partial charge in [-0.2, -0.15) is 0 Å². The van der Waals surface area contributed by atoms with Gasteiger partial charge in [-0.15, -0.1) is 0 Å². The summed E-state index contributed by atoms with van der Waals surface area (Å²) in [5.41, 5.74) is -2.11. The van der Waals surface area contributed by atoms with Crippen molar-refractivity contribution >= 4 is 6.09 Å². The quantitative estimate of drug-likeness (QED) is 0.811. The molecule has 0 aromatic heterocycles. The molecule has 2 heterocycles. The van der Waals surface area contributed by atoms with Crippen LogP contribution >= 0.6 is 0 Å². The highest BCUT2D eigenvalue weighted by Gasteiger charge is 2.58. The van der Waals surface area contributed by atoms with Gasteiger partial charge in [-0.05, 0) is 46.7 Å². The summed E-state index contributed by atoms with van der Waals surface area (Å²) in [5.74, 6) is 0. The average molecular weight is 256 g/mol. The van der Waals surface area contributed by atoms with Gasteiger partial charge < -0.3 is 14.7 Å². The van der Waals surface area contributed by atoms with E-state index in [2.05, 4.69) is 11.8 Å². The third kappa shape index (κ3) is 1.99. The summed E-state index contributed by atoms with van der Waals surface area (Å²) in [5, 5.41) is 10.6. The molecule has 0 saturated carbocycles. The van der Waals surface area contributed by atoms with Crippen LogP contribution in [0.25, 0.3) is 0 Å². The van der Waals surface area contributed by atoms with Gasteiger partial charge in [-0.25, -0.2) is 4.79 Å². The summed E-state index contributed by atoms with van der Waals surface area (Å²) in [4.78, 5) is 15.9. The monoisotopic (exact) mass is 256 g/mol. The van der Waals surface area contributed by atoms with E-state index in [1.54, 1.807) is 20.8 Å². The van der Waals surface area contributed by atoms with Gasteiger partial charge in [-0.3, -0.25) is 4.90 Å². The first kappa shape index (κ1) is 13.6. The number of amides is 1. The first-order chi connectivity index (χ1) is 8.29. The maximum absolute atomic E-state index is 12.0. The molecule has 5 nitrogen and oxygen atoms in total. The highest BCUT2D eigenvalue weighted by molar-refractivity contribution is 5.72. The lowest BCUT2D eigenvalue weighted by Crippen LogP contribution is -2.60. The molecule has 18 heavy (non-hydrogen) atoms. The summed E-state index contributed by atoms with van der Waals surface area (Å²) >= 11 is 0. The molecule has 0 aliphatic carbocycles. The Morgan fingerprint density at radius 2 is 2.11 bits per heavy atom. The lowest BCUT2D eigenvalue weighted by Gasteiger charge is -2.42. The van der Waals surface area contributed by atoms with E-state index < -0.39 is 17.4 Å². The number of aliphatic hydroxyl groups is 1. The summed E-state index contributed by atoms with van der Waals surface area (Å²) in [6.45, 7) is 10.2. The Morgan fingerprint density at radius 1 is 1.44 bits per heavy atom. The van der Waals surface area contributed by atoms with Crippen molar-refractivity contribution in [3.63, 3.8) is 0 Å². The van der Waals surface area contributed by atoms with Crippen LogP contribution in [0, 0.1) is 0 Å². The number of nitrogens with zero attached hydrogens (tertiary/aromatic N) is 2. The minimum atomic E-state index is -1.24. The Morgan fingerprint density at radius 3 is 2.61 bits per heavy atom. The fourth-order valence-electron chi connectivity index (χ4n) is 2.87. The van der Waals surface area contributed by atoms with E-state index in [0.717, 1.165) is 32.5 Å². The van der Waals surface area contributed by atoms with Crippen LogP contribution in [0.3, 0.4) is 0 Å². The number of cyclic esters (lactones) is 1. The molecule has 2 aliphatic heterocycles. The number of carbonyl (C=O) groups excluding carboxylic acids is 1. The maximum Gasteiger partial charge on any atom is 0.413 e. The van der Waals surface area contributed by atoms with Crippen molar-refractivity contribution in [2.45, 2.75) is 57.9 Å². The fraction of sp³-hybridized carbons (Fsp3) is 0.923. The summed E-state index contributed by atoms with van der Waals surface area (Å²) in [6.07, 6.45) is 1.59. The molecule has 2 aliphatic rings. The maximum atomic E-state index is 12.0. The number of likely N-dealkylation sites (N-methyl/N-ethyl adjacent to an activating group) is 1. The molecule has 2 atom stereocenters. The predicted molar refractivity (Wildman–Crippen MR) is 68.2 cm³/mol. The number of rotatable bonds is 2. The summed E-state index contributed by atoms with van der Waals surface area (Å²) in [6, 6.07) is 0.0444. The predicted octanol–water partition coefficient (Wildman–Crippen LogP) is 1.41. The summed E-state index contributed by atoms with van der Waals surface area (Å²) < 4.78 is 5.32. The van der Waals surface area contributed by atoms with Gasteiger partial charge in [0, 0.05) is 6.54 Å². The third-order valence-electron chi connectivity index (χ3n) is 4.44. The largest absolute Gasteiger partial charge is 0.438 e. The van der Waals surface area contributed by atoms with E-state index in [1.807, 2.05) is 0 Å². The second-order valence-corrected chi connectivity index (χ2v) is 5.96. The molecule has 1 N–H and O–H groups in total. The molecule has 0 spiro atoms. The molecular formula is C13H24N2O3. The molecule has 0 bridgehead atoms. The van der Waals surface area contributed by atoms with Crippen molar-refractivity contribution in [2.75, 3.05) is 19.6 Å². The molecule has 0 aromatic carbocycles. The minimum Gasteiger partial charge on any atom is -0.438 e. The lowest BCUT2D eigenvalue weighted by atomic mass is 9.93. The molecule has 2 fully saturated rings. The van der Waals surface area contributed by atoms with Crippen LogP contribution in [0.5, 0.6) is 0 Å². The Balaban J connectivity index is 2.19. The van der Waals surface area contributed by atoms with Crippen molar-refractivity contribution in [2.24, 2.45) is 0 Å². The molecule has 0 aromatic rings. The van der Waals surface area contributed by atoms with Crippen molar-refractivity contribution in [3.8, 4) is 0 Å². The number of piperidine rings is 1. The van der Waals surface area contributed by atoms with Crippen molar-refractivity contribution < 1.29 is 14.6 Å². The van der Waals surface area contributed by atoms with E-state index in [4.69, 9.17) is 4.74 Å². The van der Waals surface area contributed by atoms with Crippen molar-refractivity contribution in [1.82, 2.24) is 9.80 Å². The number of ether oxygens (including phenoxy) is 1. The third-order valence-corrected chi connectivity index (χ3v) is 4.44. The first-order valence-electron chi connectivity index (χ1n) is 6.76. The van der Waals surface area contributed by atoms with Crippen LogP contribution in [0.15, 0.2) is 0 Å². The van der Waals surface area contributed by atoms with E-state index >= 15 is 0 Å². The Bertz CT molecular complexity index is 341. The van der Waals surface area contributed by atoms with E-state index in [0.29, 0.717) is 0 Å².